The van der Waals surface area contributed by atoms with Crippen LogP contribution in [0, 0.1) is 6.92 Å². The van der Waals surface area contributed by atoms with Crippen LogP contribution in [0.3, 0.4) is 0 Å². The number of hydrogen-bond acceptors (Lipinski definition) is 4. The van der Waals surface area contributed by atoms with Gasteiger partial charge in [0.15, 0.2) is 0 Å². The number of hydrazone groups is 1. The first-order valence-electron chi connectivity index (χ1n) is 7.86. The van der Waals surface area contributed by atoms with E-state index in [0.717, 1.165) is 33.7 Å². The third kappa shape index (κ3) is 3.90. The molecule has 3 aromatic heterocycles. The number of allylic oxidation sites excluding steroid dienone is 4. The Kier molecular flexibility index (Phi) is 4.85. The largest absolute Gasteiger partial charge is 0.278 e. The molecule has 0 atom stereocenters. The molecule has 0 bridgehead atoms. The van der Waals surface area contributed by atoms with E-state index in [1.54, 1.807) is 18.4 Å². The normalized spacial score (nSPS) is 11.8. The molecule has 25 heavy (non-hydrogen) atoms. The first-order valence-corrected chi connectivity index (χ1v) is 7.86. The van der Waals surface area contributed by atoms with E-state index in [1.807, 2.05) is 60.2 Å². The van der Waals surface area contributed by atoms with Gasteiger partial charge >= 0.3 is 0 Å². The summed E-state index contributed by atoms with van der Waals surface area (Å²) in [5.41, 5.74) is 8.60. The highest BCUT2D eigenvalue weighted by Gasteiger charge is 2.05. The average molecular weight is 331 g/mol. The Balaban J connectivity index is 0.00000243. The van der Waals surface area contributed by atoms with Crippen LogP contribution in [0.2, 0.25) is 0 Å². The molecule has 0 aliphatic carbocycles. The van der Waals surface area contributed by atoms with Crippen molar-refractivity contribution in [2.75, 3.05) is 5.43 Å². The van der Waals surface area contributed by atoms with Crippen molar-refractivity contribution in [1.29, 1.82) is 0 Å². The topological polar surface area (TPSA) is 54.6 Å². The van der Waals surface area contributed by atoms with Gasteiger partial charge in [-0.2, -0.15) is 10.2 Å². The lowest BCUT2D eigenvalue weighted by molar-refractivity contribution is 0.964. The van der Waals surface area contributed by atoms with E-state index < -0.39 is 0 Å². The molecule has 0 spiro atoms. The summed E-state index contributed by atoms with van der Waals surface area (Å²) in [4.78, 5) is 4.32. The summed E-state index contributed by atoms with van der Waals surface area (Å²) in [6, 6.07) is 9.93. The molecule has 0 fully saturated rings. The molecule has 0 aliphatic rings. The Bertz CT molecular complexity index is 968. The monoisotopic (exact) mass is 331 g/mol. The third-order valence-corrected chi connectivity index (χ3v) is 3.62. The predicted octanol–water partition coefficient (Wildman–Crippen LogP) is 4.65. The Labute approximate surface area is 148 Å². The second-order valence-corrected chi connectivity index (χ2v) is 5.48. The van der Waals surface area contributed by atoms with E-state index in [2.05, 4.69) is 33.8 Å². The molecule has 0 radical (unpaired) electrons. The number of hydrogen-bond donors (Lipinski definition) is 1. The maximum absolute atomic E-state index is 4.58. The second kappa shape index (κ2) is 7.40. The number of anilines is 1. The summed E-state index contributed by atoms with van der Waals surface area (Å²) in [7, 11) is 0. The van der Waals surface area contributed by atoms with Crippen molar-refractivity contribution in [3.63, 3.8) is 0 Å². The number of pyridine rings is 2. The summed E-state index contributed by atoms with van der Waals surface area (Å²) < 4.78 is 1.83. The Morgan fingerprint density at radius 1 is 1.28 bits per heavy atom. The van der Waals surface area contributed by atoms with Gasteiger partial charge in [-0.1, -0.05) is 31.4 Å². The number of fused-ring (bicyclic) bond motifs is 1. The fourth-order valence-electron chi connectivity index (χ4n) is 2.31. The molecular formula is C20H21N5. The molecule has 3 rings (SSSR count). The van der Waals surface area contributed by atoms with Crippen LogP contribution < -0.4 is 5.43 Å². The summed E-state index contributed by atoms with van der Waals surface area (Å²) in [6.07, 6.45) is 10.7. The van der Waals surface area contributed by atoms with E-state index in [9.17, 15) is 0 Å². The van der Waals surface area contributed by atoms with Crippen molar-refractivity contribution in [3.8, 4) is 11.3 Å². The number of rotatable bonds is 6. The molecule has 0 saturated heterocycles. The third-order valence-electron chi connectivity index (χ3n) is 3.62. The van der Waals surface area contributed by atoms with Gasteiger partial charge in [-0.25, -0.2) is 4.52 Å². The second-order valence-electron chi connectivity index (χ2n) is 5.48. The van der Waals surface area contributed by atoms with Gasteiger partial charge < -0.3 is 0 Å². The van der Waals surface area contributed by atoms with Crippen molar-refractivity contribution >= 4 is 17.4 Å². The number of aryl methyl sites for hydroxylation is 1. The van der Waals surface area contributed by atoms with Crippen LogP contribution in [0.4, 0.5) is 5.69 Å². The minimum Gasteiger partial charge on any atom is -0.278 e. The predicted molar refractivity (Wildman–Crippen MR) is 106 cm³/mol. The highest BCUT2D eigenvalue weighted by Crippen LogP contribution is 2.21. The van der Waals surface area contributed by atoms with E-state index >= 15 is 0 Å². The summed E-state index contributed by atoms with van der Waals surface area (Å²) in [5.74, 6) is 0. The smallest absolute Gasteiger partial charge is 0.0949 e. The van der Waals surface area contributed by atoms with E-state index in [-0.39, 0.29) is 1.43 Å². The molecule has 126 valence electrons. The molecular weight excluding hydrogens is 310 g/mol. The van der Waals surface area contributed by atoms with Crippen LogP contribution in [0.25, 0.3) is 16.8 Å². The van der Waals surface area contributed by atoms with Crippen molar-refractivity contribution < 1.29 is 1.43 Å². The van der Waals surface area contributed by atoms with Gasteiger partial charge in [0.05, 0.1) is 23.1 Å². The van der Waals surface area contributed by atoms with Crippen molar-refractivity contribution in [1.82, 2.24) is 14.6 Å². The average Bonchev–Trinajstić information content (AvgIpc) is 3.05. The number of aromatic nitrogens is 3. The lowest BCUT2D eigenvalue weighted by Crippen LogP contribution is -1.93. The standard InChI is InChI=1S/C20H19N5.H2/c1-4-6-16(5-2)13-22-23-18-9-10-25-19(11-18)12-20(24-25)17-8-7-15(3)21-14-17;/h4-14,23H,1-2H2,3H3;1H/b16-6+,22-13+;. The van der Waals surface area contributed by atoms with Crippen molar-refractivity contribution in [3.05, 3.63) is 85.4 Å². The first-order chi connectivity index (χ1) is 12.2. The van der Waals surface area contributed by atoms with Crippen LogP contribution in [-0.2, 0) is 0 Å². The van der Waals surface area contributed by atoms with Gasteiger partial charge in [-0.15, -0.1) is 0 Å². The Hall–Kier alpha value is -3.47. The minimum absolute atomic E-state index is 0. The van der Waals surface area contributed by atoms with E-state index in [4.69, 9.17) is 0 Å². The Morgan fingerprint density at radius 3 is 2.88 bits per heavy atom. The van der Waals surface area contributed by atoms with Gasteiger partial charge in [0.2, 0.25) is 0 Å². The summed E-state index contributed by atoms with van der Waals surface area (Å²) in [5, 5.41) is 8.79. The number of nitrogens with one attached hydrogen (secondary N) is 1. The molecule has 0 saturated carbocycles. The maximum atomic E-state index is 4.58. The highest BCUT2D eigenvalue weighted by molar-refractivity contribution is 5.83. The molecule has 0 unspecified atom stereocenters. The van der Waals surface area contributed by atoms with Gasteiger partial charge in [0, 0.05) is 25.1 Å². The highest BCUT2D eigenvalue weighted by atomic mass is 15.3. The lowest BCUT2D eigenvalue weighted by atomic mass is 10.2. The molecule has 1 N–H and O–H groups in total. The molecule has 3 aromatic rings. The fourth-order valence-corrected chi connectivity index (χ4v) is 2.31. The first kappa shape index (κ1) is 16.4. The quantitative estimate of drug-likeness (QED) is 0.406. The fraction of sp³-hybridized carbons (Fsp3) is 0.0500. The van der Waals surface area contributed by atoms with Gasteiger partial charge in [-0.3, -0.25) is 10.4 Å². The summed E-state index contributed by atoms with van der Waals surface area (Å²) >= 11 is 0. The van der Waals surface area contributed by atoms with Crippen LogP contribution in [-0.4, -0.2) is 20.8 Å². The van der Waals surface area contributed by atoms with Crippen LogP contribution >= 0.6 is 0 Å². The van der Waals surface area contributed by atoms with E-state index in [1.165, 1.54) is 0 Å². The maximum Gasteiger partial charge on any atom is 0.0949 e. The molecule has 5 heteroatoms. The summed E-state index contributed by atoms with van der Waals surface area (Å²) in [6.45, 7) is 9.36. The SMILES string of the molecule is C=C/C=C(C=C)/C=N/Nc1ccn2nc(-c3ccc(C)nc3)cc2c1.[HH]. The Morgan fingerprint density at radius 2 is 2.16 bits per heavy atom. The van der Waals surface area contributed by atoms with E-state index in [0.29, 0.717) is 0 Å². The molecule has 5 nitrogen and oxygen atoms in total. The van der Waals surface area contributed by atoms with Crippen molar-refractivity contribution in [2.45, 2.75) is 6.92 Å². The van der Waals surface area contributed by atoms with Crippen LogP contribution in [0.5, 0.6) is 0 Å². The lowest BCUT2D eigenvalue weighted by Gasteiger charge is -2.00. The van der Waals surface area contributed by atoms with Gasteiger partial charge in [0.25, 0.3) is 0 Å². The molecule has 0 amide bonds. The molecule has 3 heterocycles. The van der Waals surface area contributed by atoms with Gasteiger partial charge in [-0.05, 0) is 42.8 Å². The molecule has 0 aliphatic heterocycles. The minimum atomic E-state index is 0. The number of nitrogens with zero attached hydrogens (tertiary/aromatic N) is 4. The molecule has 0 aromatic carbocycles. The zero-order chi connectivity index (χ0) is 17.6. The van der Waals surface area contributed by atoms with Gasteiger partial charge in [0.1, 0.15) is 0 Å². The zero-order valence-electron chi connectivity index (χ0n) is 14.1. The zero-order valence-corrected chi connectivity index (χ0v) is 14.1. The van der Waals surface area contributed by atoms with Crippen LogP contribution in [0.15, 0.2) is 84.8 Å². The van der Waals surface area contributed by atoms with Crippen molar-refractivity contribution in [2.24, 2.45) is 5.10 Å². The van der Waals surface area contributed by atoms with Crippen LogP contribution in [0.1, 0.15) is 7.12 Å².